The maximum Gasteiger partial charge on any atom is 0.316 e. The second-order valence-corrected chi connectivity index (χ2v) is 8.94. The zero-order valence-electron chi connectivity index (χ0n) is 14.1. The number of aliphatic hydroxyl groups is 2. The number of aliphatic hydroxyl groups excluding tert-OH is 1. The molecule has 1 aliphatic heterocycles. The Hall–Kier alpha value is -1.66. The topological polar surface area (TPSA) is 104 Å². The average Bonchev–Trinajstić information content (AvgIpc) is 2.95. The zero-order valence-corrected chi connectivity index (χ0v) is 14.1. The van der Waals surface area contributed by atoms with Gasteiger partial charge in [-0.2, -0.15) is 0 Å². The number of carbonyl (C=O) groups is 2. The van der Waals surface area contributed by atoms with E-state index in [4.69, 9.17) is 4.74 Å². The quantitative estimate of drug-likeness (QED) is 0.484. The van der Waals surface area contributed by atoms with Gasteiger partial charge in [-0.3, -0.25) is 9.59 Å². The third-order valence-electron chi connectivity index (χ3n) is 8.05. The van der Waals surface area contributed by atoms with Gasteiger partial charge >= 0.3 is 11.9 Å². The van der Waals surface area contributed by atoms with Crippen LogP contribution in [-0.4, -0.2) is 44.6 Å². The molecule has 4 aliphatic carbocycles. The van der Waals surface area contributed by atoms with Crippen molar-refractivity contribution in [3.63, 3.8) is 0 Å². The Kier molecular flexibility index (Phi) is 2.50. The van der Waals surface area contributed by atoms with Crippen LogP contribution in [0.2, 0.25) is 0 Å². The summed E-state index contributed by atoms with van der Waals surface area (Å²) in [6, 6.07) is 0. The van der Waals surface area contributed by atoms with E-state index >= 15 is 0 Å². The molecule has 8 atom stereocenters. The van der Waals surface area contributed by atoms with Crippen LogP contribution in [-0.2, 0) is 14.3 Å². The highest BCUT2D eigenvalue weighted by atomic mass is 16.6. The van der Waals surface area contributed by atoms with Crippen molar-refractivity contribution in [1.29, 1.82) is 0 Å². The van der Waals surface area contributed by atoms with E-state index in [9.17, 15) is 24.9 Å². The number of rotatable bonds is 1. The van der Waals surface area contributed by atoms with Crippen LogP contribution >= 0.6 is 0 Å². The number of carbonyl (C=O) groups excluding carboxylic acids is 1. The first-order chi connectivity index (χ1) is 11.6. The number of ether oxygens (including phenoxy) is 1. The van der Waals surface area contributed by atoms with E-state index in [2.05, 4.69) is 6.58 Å². The number of fused-ring (bicyclic) bond motifs is 1. The van der Waals surface area contributed by atoms with Gasteiger partial charge in [0.15, 0.2) is 0 Å². The SMILES string of the molecule is C=C1CC23CC1(O)CCC2C12OC(=O)C(C)(C=CC1O)C2C3C(=O)O. The second kappa shape index (κ2) is 4.01. The van der Waals surface area contributed by atoms with Gasteiger partial charge < -0.3 is 20.1 Å². The maximum absolute atomic E-state index is 12.7. The third kappa shape index (κ3) is 1.36. The predicted octanol–water partition coefficient (Wildman–Crippen LogP) is 1.03. The van der Waals surface area contributed by atoms with Crippen LogP contribution in [0.5, 0.6) is 0 Å². The van der Waals surface area contributed by atoms with Crippen LogP contribution < -0.4 is 0 Å². The van der Waals surface area contributed by atoms with Gasteiger partial charge in [0.1, 0.15) is 11.7 Å². The molecule has 0 amide bonds. The molecule has 1 spiro atoms. The molecule has 4 fully saturated rings. The minimum absolute atomic E-state index is 0.295. The van der Waals surface area contributed by atoms with Crippen molar-refractivity contribution in [3.05, 3.63) is 24.3 Å². The summed E-state index contributed by atoms with van der Waals surface area (Å²) in [7, 11) is 0. The van der Waals surface area contributed by atoms with E-state index in [1.807, 2.05) is 0 Å². The van der Waals surface area contributed by atoms with Crippen LogP contribution in [0.15, 0.2) is 24.3 Å². The van der Waals surface area contributed by atoms with Crippen molar-refractivity contribution in [1.82, 2.24) is 0 Å². The third-order valence-corrected chi connectivity index (χ3v) is 8.05. The molecule has 25 heavy (non-hydrogen) atoms. The van der Waals surface area contributed by atoms with Crippen LogP contribution in [0.1, 0.15) is 32.6 Å². The molecule has 0 aromatic carbocycles. The maximum atomic E-state index is 12.7. The Morgan fingerprint density at radius 2 is 2.16 bits per heavy atom. The molecule has 8 unspecified atom stereocenters. The molecule has 5 rings (SSSR count). The summed E-state index contributed by atoms with van der Waals surface area (Å²) < 4.78 is 5.85. The lowest BCUT2D eigenvalue weighted by Crippen LogP contribution is -2.54. The largest absolute Gasteiger partial charge is 0.481 e. The van der Waals surface area contributed by atoms with Gasteiger partial charge in [-0.15, -0.1) is 0 Å². The highest BCUT2D eigenvalue weighted by molar-refractivity contribution is 5.87. The summed E-state index contributed by atoms with van der Waals surface area (Å²) in [5.74, 6) is -3.23. The highest BCUT2D eigenvalue weighted by Gasteiger charge is 2.84. The summed E-state index contributed by atoms with van der Waals surface area (Å²) in [4.78, 5) is 25.1. The van der Waals surface area contributed by atoms with Gasteiger partial charge in [-0.1, -0.05) is 18.7 Å². The molecule has 3 N–H and O–H groups in total. The molecule has 0 radical (unpaired) electrons. The first-order valence-corrected chi connectivity index (χ1v) is 8.86. The van der Waals surface area contributed by atoms with Crippen LogP contribution in [0.3, 0.4) is 0 Å². The molecule has 6 nitrogen and oxygen atoms in total. The van der Waals surface area contributed by atoms with Gasteiger partial charge in [0.25, 0.3) is 0 Å². The Balaban J connectivity index is 1.79. The first-order valence-electron chi connectivity index (χ1n) is 8.86. The van der Waals surface area contributed by atoms with Crippen molar-refractivity contribution >= 4 is 11.9 Å². The number of hydrogen-bond acceptors (Lipinski definition) is 5. The Morgan fingerprint density at radius 1 is 1.44 bits per heavy atom. The molecular weight excluding hydrogens is 324 g/mol. The van der Waals surface area contributed by atoms with Crippen molar-refractivity contribution in [2.24, 2.45) is 28.6 Å². The van der Waals surface area contributed by atoms with Crippen LogP contribution in [0.4, 0.5) is 0 Å². The summed E-state index contributed by atoms with van der Waals surface area (Å²) in [6.07, 6.45) is 3.89. The highest BCUT2D eigenvalue weighted by Crippen LogP contribution is 2.77. The van der Waals surface area contributed by atoms with E-state index < -0.39 is 51.9 Å². The molecular formula is C19H22O6. The van der Waals surface area contributed by atoms with E-state index in [0.717, 1.165) is 0 Å². The van der Waals surface area contributed by atoms with Crippen LogP contribution in [0.25, 0.3) is 0 Å². The van der Waals surface area contributed by atoms with Crippen molar-refractivity contribution in [2.75, 3.05) is 0 Å². The fourth-order valence-corrected chi connectivity index (χ4v) is 7.20. The molecule has 5 aliphatic rings. The summed E-state index contributed by atoms with van der Waals surface area (Å²) in [6.45, 7) is 5.73. The lowest BCUT2D eigenvalue weighted by atomic mass is 9.62. The van der Waals surface area contributed by atoms with Gasteiger partial charge in [0.05, 0.1) is 16.9 Å². The van der Waals surface area contributed by atoms with Gasteiger partial charge in [-0.25, -0.2) is 0 Å². The summed E-state index contributed by atoms with van der Waals surface area (Å²) in [5, 5.41) is 31.9. The minimum Gasteiger partial charge on any atom is -0.481 e. The lowest BCUT2D eigenvalue weighted by Gasteiger charge is -2.46. The number of hydrogen-bond donors (Lipinski definition) is 3. The van der Waals surface area contributed by atoms with E-state index in [0.29, 0.717) is 31.3 Å². The standard InChI is InChI=1S/C19H22O6/c1-9-7-17-8-18(9,24)6-3-10(17)19-11(20)4-5-16(2,15(23)25-19)13(19)12(17)14(21)22/h4-5,10-13,20,24H,1,3,6-8H2,2H3,(H,21,22). The number of esters is 1. The Morgan fingerprint density at radius 3 is 2.84 bits per heavy atom. The summed E-state index contributed by atoms with van der Waals surface area (Å²) in [5.41, 5.74) is -3.37. The Labute approximate surface area is 145 Å². The fraction of sp³-hybridized carbons (Fsp3) is 0.684. The van der Waals surface area contributed by atoms with E-state index in [1.165, 1.54) is 0 Å². The number of carboxylic acid groups (broad SMARTS) is 1. The van der Waals surface area contributed by atoms with Gasteiger partial charge in [-0.05, 0) is 43.6 Å². The normalized spacial score (nSPS) is 58.0. The van der Waals surface area contributed by atoms with E-state index in [1.54, 1.807) is 19.1 Å². The molecule has 6 heteroatoms. The van der Waals surface area contributed by atoms with E-state index in [-0.39, 0.29) is 5.92 Å². The lowest BCUT2D eigenvalue weighted by molar-refractivity contribution is -0.172. The van der Waals surface area contributed by atoms with Gasteiger partial charge in [0, 0.05) is 11.8 Å². The van der Waals surface area contributed by atoms with Crippen molar-refractivity contribution < 1.29 is 29.6 Å². The smallest absolute Gasteiger partial charge is 0.316 e. The molecule has 1 saturated heterocycles. The van der Waals surface area contributed by atoms with Crippen molar-refractivity contribution in [3.8, 4) is 0 Å². The first kappa shape index (κ1) is 15.6. The molecule has 0 aromatic heterocycles. The minimum atomic E-state index is -1.21. The molecule has 0 aromatic rings. The molecule has 134 valence electrons. The fourth-order valence-electron chi connectivity index (χ4n) is 7.20. The summed E-state index contributed by atoms with van der Waals surface area (Å²) >= 11 is 0. The second-order valence-electron chi connectivity index (χ2n) is 8.94. The molecule has 4 bridgehead atoms. The monoisotopic (exact) mass is 346 g/mol. The molecule has 3 saturated carbocycles. The average molecular weight is 346 g/mol. The number of carboxylic acids is 1. The molecule has 1 heterocycles. The predicted molar refractivity (Wildman–Crippen MR) is 85.2 cm³/mol. The van der Waals surface area contributed by atoms with Crippen molar-refractivity contribution in [2.45, 2.75) is 49.9 Å². The van der Waals surface area contributed by atoms with Crippen LogP contribution in [0, 0.1) is 28.6 Å². The Bertz CT molecular complexity index is 772. The zero-order chi connectivity index (χ0) is 18.0. The number of aliphatic carboxylic acids is 1. The van der Waals surface area contributed by atoms with Gasteiger partial charge in [0.2, 0.25) is 0 Å².